The van der Waals surface area contributed by atoms with Gasteiger partial charge in [0.05, 0.1) is 12.1 Å². The number of hydrogen-bond donors (Lipinski definition) is 2. The van der Waals surface area contributed by atoms with Crippen LogP contribution >= 0.6 is 0 Å². The minimum absolute atomic E-state index is 0.0548. The van der Waals surface area contributed by atoms with Crippen molar-refractivity contribution in [3.8, 4) is 17.6 Å². The Hall–Kier alpha value is -3.00. The zero-order valence-electron chi connectivity index (χ0n) is 11.2. The average molecular weight is 282 g/mol. The summed E-state index contributed by atoms with van der Waals surface area (Å²) in [5, 5.41) is 20.9. The van der Waals surface area contributed by atoms with Gasteiger partial charge < -0.3 is 15.2 Å². The number of amides is 1. The van der Waals surface area contributed by atoms with Gasteiger partial charge in [-0.2, -0.15) is 5.26 Å². The summed E-state index contributed by atoms with van der Waals surface area (Å²) < 4.78 is 5.24. The third kappa shape index (κ3) is 3.98. The molecular formula is C16H14N2O3. The number of phenolic OH excluding ortho intramolecular Hbond substituents is 1. The van der Waals surface area contributed by atoms with Crippen LogP contribution in [0.15, 0.2) is 48.5 Å². The molecule has 106 valence electrons. The molecule has 0 spiro atoms. The van der Waals surface area contributed by atoms with E-state index in [-0.39, 0.29) is 24.7 Å². The second-order valence-corrected chi connectivity index (χ2v) is 4.30. The largest absolute Gasteiger partial charge is 0.508 e. The number of ether oxygens (including phenoxy) is 1. The highest BCUT2D eigenvalue weighted by Gasteiger charge is 2.10. The summed E-state index contributed by atoms with van der Waals surface area (Å²) in [7, 11) is 0. The molecule has 1 amide bonds. The van der Waals surface area contributed by atoms with Crippen LogP contribution in [-0.4, -0.2) is 17.6 Å². The van der Waals surface area contributed by atoms with E-state index in [1.54, 1.807) is 42.5 Å². The fraction of sp³-hybridized carbons (Fsp3) is 0.125. The topological polar surface area (TPSA) is 82.3 Å². The van der Waals surface area contributed by atoms with E-state index < -0.39 is 0 Å². The molecule has 0 unspecified atom stereocenters. The molecule has 2 rings (SSSR count). The van der Waals surface area contributed by atoms with Crippen molar-refractivity contribution < 1.29 is 14.6 Å². The van der Waals surface area contributed by atoms with Crippen LogP contribution in [0, 0.1) is 11.3 Å². The lowest BCUT2D eigenvalue weighted by Crippen LogP contribution is -2.15. The van der Waals surface area contributed by atoms with Crippen LogP contribution in [0.3, 0.4) is 0 Å². The van der Waals surface area contributed by atoms with Gasteiger partial charge in [-0.05, 0) is 18.2 Å². The highest BCUT2D eigenvalue weighted by Crippen LogP contribution is 2.24. The first-order valence-corrected chi connectivity index (χ1v) is 6.36. The Kier molecular flexibility index (Phi) is 4.78. The van der Waals surface area contributed by atoms with Crippen molar-refractivity contribution in [1.82, 2.24) is 0 Å². The molecule has 5 nitrogen and oxygen atoms in total. The zero-order valence-corrected chi connectivity index (χ0v) is 11.2. The lowest BCUT2D eigenvalue weighted by atomic mass is 10.1. The standard InChI is InChI=1S/C16H14N2O3/c17-9-10-21-15-8-4-2-6-13(15)18-16(20)11-12-5-1-3-7-14(12)19/h1-8,19H,10-11H2,(H,18,20). The van der Waals surface area contributed by atoms with Gasteiger partial charge >= 0.3 is 0 Å². The molecular weight excluding hydrogens is 268 g/mol. The number of hydrogen-bond acceptors (Lipinski definition) is 4. The smallest absolute Gasteiger partial charge is 0.229 e. The van der Waals surface area contributed by atoms with Crippen molar-refractivity contribution in [3.63, 3.8) is 0 Å². The van der Waals surface area contributed by atoms with Crippen molar-refractivity contribution in [1.29, 1.82) is 5.26 Å². The minimum Gasteiger partial charge on any atom is -0.508 e. The van der Waals surface area contributed by atoms with E-state index in [9.17, 15) is 9.90 Å². The maximum Gasteiger partial charge on any atom is 0.229 e. The molecule has 0 saturated carbocycles. The lowest BCUT2D eigenvalue weighted by Gasteiger charge is -2.11. The number of carbonyl (C=O) groups excluding carboxylic acids is 1. The van der Waals surface area contributed by atoms with Gasteiger partial charge in [-0.25, -0.2) is 0 Å². The maximum absolute atomic E-state index is 12.0. The molecule has 0 bridgehead atoms. The minimum atomic E-state index is -0.274. The van der Waals surface area contributed by atoms with Crippen molar-refractivity contribution >= 4 is 11.6 Å². The molecule has 0 fully saturated rings. The van der Waals surface area contributed by atoms with Crippen molar-refractivity contribution in [3.05, 3.63) is 54.1 Å². The molecule has 0 saturated heterocycles. The molecule has 0 aliphatic heterocycles. The average Bonchev–Trinajstić information content (AvgIpc) is 2.49. The first kappa shape index (κ1) is 14.4. The van der Waals surface area contributed by atoms with E-state index in [0.29, 0.717) is 17.0 Å². The quantitative estimate of drug-likeness (QED) is 0.882. The van der Waals surface area contributed by atoms with Crippen molar-refractivity contribution in [2.75, 3.05) is 11.9 Å². The monoisotopic (exact) mass is 282 g/mol. The number of benzene rings is 2. The Labute approximate surface area is 122 Å². The van der Waals surface area contributed by atoms with E-state index in [0.717, 1.165) is 0 Å². The predicted molar refractivity (Wildman–Crippen MR) is 78.0 cm³/mol. The number of phenols is 1. The SMILES string of the molecule is N#CCOc1ccccc1NC(=O)Cc1ccccc1O. The zero-order chi connectivity index (χ0) is 15.1. The number of nitrogens with zero attached hydrogens (tertiary/aromatic N) is 1. The van der Waals surface area contributed by atoms with Crippen LogP contribution in [0.5, 0.6) is 11.5 Å². The van der Waals surface area contributed by atoms with Crippen LogP contribution in [0.2, 0.25) is 0 Å². The summed E-state index contributed by atoms with van der Waals surface area (Å²) in [6.45, 7) is -0.0909. The molecule has 5 heteroatoms. The number of nitriles is 1. The van der Waals surface area contributed by atoms with Crippen LogP contribution in [0.25, 0.3) is 0 Å². The number of rotatable bonds is 5. The Morgan fingerprint density at radius 3 is 2.67 bits per heavy atom. The highest BCUT2D eigenvalue weighted by molar-refractivity contribution is 5.94. The number of carbonyl (C=O) groups is 1. The fourth-order valence-corrected chi connectivity index (χ4v) is 1.83. The van der Waals surface area contributed by atoms with Crippen molar-refractivity contribution in [2.24, 2.45) is 0 Å². The molecule has 0 radical (unpaired) electrons. The second kappa shape index (κ2) is 6.96. The van der Waals surface area contributed by atoms with Gasteiger partial charge in [0.25, 0.3) is 0 Å². The van der Waals surface area contributed by atoms with Crippen LogP contribution in [-0.2, 0) is 11.2 Å². The molecule has 21 heavy (non-hydrogen) atoms. The molecule has 0 aliphatic carbocycles. The number of aromatic hydroxyl groups is 1. The maximum atomic E-state index is 12.0. The summed E-state index contributed by atoms with van der Waals surface area (Å²) in [6, 6.07) is 15.4. The second-order valence-electron chi connectivity index (χ2n) is 4.30. The molecule has 2 N–H and O–H groups in total. The Morgan fingerprint density at radius 2 is 1.90 bits per heavy atom. The van der Waals surface area contributed by atoms with E-state index in [1.165, 1.54) is 6.07 Å². The molecule has 0 aliphatic rings. The van der Waals surface area contributed by atoms with E-state index >= 15 is 0 Å². The summed E-state index contributed by atoms with van der Waals surface area (Å²) in [5.74, 6) is 0.246. The molecule has 2 aromatic carbocycles. The third-order valence-corrected chi connectivity index (χ3v) is 2.80. The molecule has 0 atom stereocenters. The first-order chi connectivity index (χ1) is 10.2. The molecule has 0 aromatic heterocycles. The van der Waals surface area contributed by atoms with Gasteiger partial charge in [0.15, 0.2) is 6.61 Å². The molecule has 2 aromatic rings. The van der Waals surface area contributed by atoms with Crippen LogP contribution < -0.4 is 10.1 Å². The van der Waals surface area contributed by atoms with E-state index in [1.807, 2.05) is 6.07 Å². The third-order valence-electron chi connectivity index (χ3n) is 2.80. The highest BCUT2D eigenvalue weighted by atomic mass is 16.5. The first-order valence-electron chi connectivity index (χ1n) is 6.36. The fourth-order valence-electron chi connectivity index (χ4n) is 1.83. The molecule has 0 heterocycles. The normalized spacial score (nSPS) is 9.67. The van der Waals surface area contributed by atoms with E-state index in [2.05, 4.69) is 5.32 Å². The van der Waals surface area contributed by atoms with E-state index in [4.69, 9.17) is 10.00 Å². The van der Waals surface area contributed by atoms with Gasteiger partial charge in [0.1, 0.15) is 17.6 Å². The summed E-state index contributed by atoms with van der Waals surface area (Å²) in [5.41, 5.74) is 1.04. The van der Waals surface area contributed by atoms with Gasteiger partial charge in [-0.1, -0.05) is 30.3 Å². The van der Waals surface area contributed by atoms with Gasteiger partial charge in [0, 0.05) is 5.56 Å². The Morgan fingerprint density at radius 1 is 1.19 bits per heavy atom. The van der Waals surface area contributed by atoms with Gasteiger partial charge in [0.2, 0.25) is 5.91 Å². The van der Waals surface area contributed by atoms with Crippen LogP contribution in [0.1, 0.15) is 5.56 Å². The number of anilines is 1. The Balaban J connectivity index is 2.06. The number of para-hydroxylation sites is 3. The van der Waals surface area contributed by atoms with Gasteiger partial charge in [-0.15, -0.1) is 0 Å². The summed E-state index contributed by atoms with van der Waals surface area (Å²) >= 11 is 0. The lowest BCUT2D eigenvalue weighted by molar-refractivity contribution is -0.115. The van der Waals surface area contributed by atoms with Crippen LogP contribution in [0.4, 0.5) is 5.69 Å². The Bertz CT molecular complexity index is 677. The summed E-state index contributed by atoms with van der Waals surface area (Å²) in [6.07, 6.45) is 0.0548. The predicted octanol–water partition coefficient (Wildman–Crippen LogP) is 2.48. The van der Waals surface area contributed by atoms with Gasteiger partial charge in [-0.3, -0.25) is 4.79 Å². The van der Waals surface area contributed by atoms with Crippen molar-refractivity contribution in [2.45, 2.75) is 6.42 Å². The summed E-state index contributed by atoms with van der Waals surface area (Å²) in [4.78, 5) is 12.0. The number of nitrogens with one attached hydrogen (secondary N) is 1.